The number of non-ortho nitro benzene ring substituents is 1. The maximum Gasteiger partial charge on any atom is 0.271 e. The highest BCUT2D eigenvalue weighted by Crippen LogP contribution is 2.33. The van der Waals surface area contributed by atoms with Crippen molar-refractivity contribution in [2.75, 3.05) is 12.4 Å². The first kappa shape index (κ1) is 14.3. The molecule has 0 spiro atoms. The minimum Gasteiger partial charge on any atom is -0.495 e. The van der Waals surface area contributed by atoms with E-state index in [9.17, 15) is 14.9 Å². The average molecular weight is 279 g/mol. The largest absolute Gasteiger partial charge is 0.495 e. The van der Waals surface area contributed by atoms with Gasteiger partial charge >= 0.3 is 0 Å². The minimum atomic E-state index is -0.522. The number of methoxy groups -OCH3 is 1. The van der Waals surface area contributed by atoms with Crippen LogP contribution in [0.5, 0.6) is 5.75 Å². The van der Waals surface area contributed by atoms with Crippen LogP contribution in [0.3, 0.4) is 0 Å². The molecule has 0 bridgehead atoms. The van der Waals surface area contributed by atoms with E-state index in [0.29, 0.717) is 5.75 Å². The van der Waals surface area contributed by atoms with Crippen molar-refractivity contribution in [2.24, 2.45) is 5.73 Å². The van der Waals surface area contributed by atoms with Gasteiger partial charge in [-0.25, -0.2) is 0 Å². The van der Waals surface area contributed by atoms with E-state index in [4.69, 9.17) is 10.5 Å². The first-order valence-electron chi connectivity index (χ1n) is 6.35. The lowest BCUT2D eigenvalue weighted by atomic mass is 9.75. The Kier molecular flexibility index (Phi) is 3.89. The van der Waals surface area contributed by atoms with Gasteiger partial charge in [-0.1, -0.05) is 0 Å². The second-order valence-electron chi connectivity index (χ2n) is 5.08. The summed E-state index contributed by atoms with van der Waals surface area (Å²) in [5.74, 6) is 0.120. The van der Waals surface area contributed by atoms with E-state index in [-0.39, 0.29) is 23.7 Å². The second-order valence-corrected chi connectivity index (χ2v) is 5.08. The molecule has 1 aliphatic rings. The number of hydrogen-bond acceptors (Lipinski definition) is 5. The molecule has 0 aromatic heterocycles. The molecule has 1 saturated carbocycles. The first-order chi connectivity index (χ1) is 9.43. The SMILES string of the molecule is COc1ccc([N+](=O)[O-])cc1NC(=O)CC1(N)CCC1. The van der Waals surface area contributed by atoms with Crippen molar-refractivity contribution in [1.82, 2.24) is 0 Å². The van der Waals surface area contributed by atoms with Gasteiger partial charge in [0.15, 0.2) is 0 Å². The highest BCUT2D eigenvalue weighted by atomic mass is 16.6. The van der Waals surface area contributed by atoms with Crippen LogP contribution >= 0.6 is 0 Å². The van der Waals surface area contributed by atoms with E-state index in [2.05, 4.69) is 5.32 Å². The summed E-state index contributed by atoms with van der Waals surface area (Å²) in [5.41, 5.74) is 5.76. The third-order valence-corrected chi connectivity index (χ3v) is 3.53. The number of rotatable bonds is 5. The topological polar surface area (TPSA) is 107 Å². The number of nitro groups is 1. The standard InChI is InChI=1S/C13H17N3O4/c1-20-11-4-3-9(16(18)19)7-10(11)15-12(17)8-13(14)5-2-6-13/h3-4,7H,2,5-6,8,14H2,1H3,(H,15,17). The molecule has 1 amide bonds. The van der Waals surface area contributed by atoms with Gasteiger partial charge in [-0.15, -0.1) is 0 Å². The maximum atomic E-state index is 12.0. The quantitative estimate of drug-likeness (QED) is 0.631. The van der Waals surface area contributed by atoms with E-state index in [1.165, 1.54) is 25.3 Å². The van der Waals surface area contributed by atoms with E-state index < -0.39 is 10.5 Å². The normalized spacial score (nSPS) is 16.1. The molecular formula is C13H17N3O4. The Morgan fingerprint density at radius 2 is 2.25 bits per heavy atom. The fraction of sp³-hybridized carbons (Fsp3) is 0.462. The number of amides is 1. The predicted molar refractivity (Wildman–Crippen MR) is 73.7 cm³/mol. The summed E-state index contributed by atoms with van der Waals surface area (Å²) in [7, 11) is 1.44. The second kappa shape index (κ2) is 5.46. The average Bonchev–Trinajstić information content (AvgIpc) is 2.36. The number of ether oxygens (including phenoxy) is 1. The Balaban J connectivity index is 2.12. The Bertz CT molecular complexity index is 540. The third-order valence-electron chi connectivity index (χ3n) is 3.53. The molecule has 0 aliphatic heterocycles. The van der Waals surface area contributed by atoms with Crippen LogP contribution < -0.4 is 15.8 Å². The fourth-order valence-corrected chi connectivity index (χ4v) is 2.23. The molecule has 7 nitrogen and oxygen atoms in total. The van der Waals surface area contributed by atoms with E-state index in [1.54, 1.807) is 0 Å². The third kappa shape index (κ3) is 3.05. The monoisotopic (exact) mass is 279 g/mol. The van der Waals surface area contributed by atoms with Crippen molar-refractivity contribution in [3.05, 3.63) is 28.3 Å². The van der Waals surface area contributed by atoms with Crippen molar-refractivity contribution < 1.29 is 14.5 Å². The summed E-state index contributed by atoms with van der Waals surface area (Å²) >= 11 is 0. The van der Waals surface area contributed by atoms with Crippen molar-refractivity contribution in [2.45, 2.75) is 31.2 Å². The summed E-state index contributed by atoms with van der Waals surface area (Å²) < 4.78 is 5.08. The Hall–Kier alpha value is -2.15. The number of nitrogens with one attached hydrogen (secondary N) is 1. The van der Waals surface area contributed by atoms with Crippen LogP contribution in [0.1, 0.15) is 25.7 Å². The molecular weight excluding hydrogens is 262 g/mol. The first-order valence-corrected chi connectivity index (χ1v) is 6.35. The van der Waals surface area contributed by atoms with Crippen molar-refractivity contribution in [3.8, 4) is 5.75 Å². The molecule has 7 heteroatoms. The lowest BCUT2D eigenvalue weighted by molar-refractivity contribution is -0.384. The van der Waals surface area contributed by atoms with Crippen LogP contribution in [0.2, 0.25) is 0 Å². The van der Waals surface area contributed by atoms with E-state index >= 15 is 0 Å². The summed E-state index contributed by atoms with van der Waals surface area (Å²) in [5, 5.41) is 13.4. The smallest absolute Gasteiger partial charge is 0.271 e. The zero-order chi connectivity index (χ0) is 14.8. The summed E-state index contributed by atoms with van der Waals surface area (Å²) in [4.78, 5) is 22.2. The van der Waals surface area contributed by atoms with Gasteiger partial charge in [0.1, 0.15) is 5.75 Å². The highest BCUT2D eigenvalue weighted by Gasteiger charge is 2.34. The van der Waals surface area contributed by atoms with Gasteiger partial charge in [0.2, 0.25) is 5.91 Å². The zero-order valence-corrected chi connectivity index (χ0v) is 11.2. The Morgan fingerprint density at radius 3 is 2.75 bits per heavy atom. The van der Waals surface area contributed by atoms with Gasteiger partial charge < -0.3 is 15.8 Å². The maximum absolute atomic E-state index is 12.0. The molecule has 108 valence electrons. The summed E-state index contributed by atoms with van der Waals surface area (Å²) in [6.45, 7) is 0. The van der Waals surface area contributed by atoms with Crippen molar-refractivity contribution >= 4 is 17.3 Å². The van der Waals surface area contributed by atoms with Crippen LogP contribution in [0.4, 0.5) is 11.4 Å². The molecule has 0 unspecified atom stereocenters. The Morgan fingerprint density at radius 1 is 1.55 bits per heavy atom. The number of carbonyl (C=O) groups is 1. The van der Waals surface area contributed by atoms with Gasteiger partial charge in [0.05, 0.1) is 17.7 Å². The number of benzene rings is 1. The van der Waals surface area contributed by atoms with Crippen LogP contribution in [0, 0.1) is 10.1 Å². The van der Waals surface area contributed by atoms with Crippen molar-refractivity contribution in [1.29, 1.82) is 0 Å². The number of hydrogen-bond donors (Lipinski definition) is 2. The molecule has 0 heterocycles. The van der Waals surface area contributed by atoms with Crippen LogP contribution in [-0.4, -0.2) is 23.5 Å². The summed E-state index contributed by atoms with van der Waals surface area (Å²) in [6.07, 6.45) is 2.89. The number of nitrogens with zero attached hydrogens (tertiary/aromatic N) is 1. The highest BCUT2D eigenvalue weighted by molar-refractivity contribution is 5.93. The lowest BCUT2D eigenvalue weighted by Gasteiger charge is -2.37. The molecule has 0 radical (unpaired) electrons. The van der Waals surface area contributed by atoms with Gasteiger partial charge in [0.25, 0.3) is 5.69 Å². The predicted octanol–water partition coefficient (Wildman–Crippen LogP) is 1.81. The molecule has 1 fully saturated rings. The van der Waals surface area contributed by atoms with Crippen LogP contribution in [0.15, 0.2) is 18.2 Å². The zero-order valence-electron chi connectivity index (χ0n) is 11.2. The molecule has 1 aromatic carbocycles. The molecule has 3 N–H and O–H groups in total. The van der Waals surface area contributed by atoms with E-state index in [0.717, 1.165) is 19.3 Å². The number of carbonyl (C=O) groups excluding carboxylic acids is 1. The van der Waals surface area contributed by atoms with Crippen LogP contribution in [0.25, 0.3) is 0 Å². The molecule has 20 heavy (non-hydrogen) atoms. The fourth-order valence-electron chi connectivity index (χ4n) is 2.23. The van der Waals surface area contributed by atoms with Crippen molar-refractivity contribution in [3.63, 3.8) is 0 Å². The lowest BCUT2D eigenvalue weighted by Crippen LogP contribution is -2.48. The van der Waals surface area contributed by atoms with E-state index in [1.807, 2.05) is 0 Å². The van der Waals surface area contributed by atoms with Gasteiger partial charge in [-0.3, -0.25) is 14.9 Å². The Labute approximate surface area is 116 Å². The molecule has 2 rings (SSSR count). The molecule has 0 saturated heterocycles. The molecule has 1 aromatic rings. The van der Waals surface area contributed by atoms with Crippen LogP contribution in [-0.2, 0) is 4.79 Å². The van der Waals surface area contributed by atoms with Gasteiger partial charge in [0, 0.05) is 24.1 Å². The van der Waals surface area contributed by atoms with Gasteiger partial charge in [-0.05, 0) is 25.3 Å². The number of anilines is 1. The number of nitrogens with two attached hydrogens (primary N) is 1. The molecule has 0 atom stereocenters. The van der Waals surface area contributed by atoms with Gasteiger partial charge in [-0.2, -0.15) is 0 Å². The minimum absolute atomic E-state index is 0.104. The summed E-state index contributed by atoms with van der Waals surface area (Å²) in [6, 6.07) is 4.06. The number of nitro benzene ring substituents is 1. The molecule has 1 aliphatic carbocycles.